The topological polar surface area (TPSA) is 137 Å². The van der Waals surface area contributed by atoms with Crippen molar-refractivity contribution >= 4 is 73.4 Å². The summed E-state index contributed by atoms with van der Waals surface area (Å²) in [6, 6.07) is 15.8. The normalized spacial score (nSPS) is 17.7. The average Bonchev–Trinajstić information content (AvgIpc) is 3.31. The van der Waals surface area contributed by atoms with E-state index in [1.807, 2.05) is 13.0 Å². The van der Waals surface area contributed by atoms with Gasteiger partial charge < -0.3 is 4.74 Å². The standard InChI is InChI=1S/C34H27BrClN3O7/c1-2-18-13-21(35)15-25-26(34(43)46-17-30(40)20-9-12-27(36)29(14-20)39(44)45)16-28(37-31(18)25)19-7-10-22(11-8-19)38-32(41)23-5-3-4-6-24(23)33(38)42/h7-16,23-24H,2-6,17H2,1H3. The van der Waals surface area contributed by atoms with Crippen LogP contribution in [0.25, 0.3) is 22.2 Å². The van der Waals surface area contributed by atoms with Crippen molar-refractivity contribution in [2.45, 2.75) is 39.0 Å². The minimum Gasteiger partial charge on any atom is -0.454 e. The number of hydrogen-bond acceptors (Lipinski definition) is 8. The number of amides is 2. The Morgan fingerprint density at radius 3 is 2.33 bits per heavy atom. The molecule has 0 N–H and O–H groups in total. The van der Waals surface area contributed by atoms with E-state index in [1.54, 1.807) is 36.4 Å². The molecule has 4 aromatic rings. The summed E-state index contributed by atoms with van der Waals surface area (Å²) in [7, 11) is 0. The lowest BCUT2D eigenvalue weighted by Crippen LogP contribution is -2.30. The van der Waals surface area contributed by atoms with E-state index in [9.17, 15) is 29.3 Å². The second-order valence-corrected chi connectivity index (χ2v) is 12.7. The molecule has 10 nitrogen and oxygen atoms in total. The number of nitro groups is 1. The van der Waals surface area contributed by atoms with Gasteiger partial charge in [-0.15, -0.1) is 0 Å². The van der Waals surface area contributed by atoms with Crippen molar-refractivity contribution < 1.29 is 28.8 Å². The maximum atomic E-state index is 13.5. The van der Waals surface area contributed by atoms with Crippen molar-refractivity contribution in [3.05, 3.63) is 97.0 Å². The number of nitro benzene ring substituents is 1. The molecule has 0 spiro atoms. The number of ether oxygens (including phenoxy) is 1. The molecule has 2 unspecified atom stereocenters. The van der Waals surface area contributed by atoms with Crippen LogP contribution in [0.1, 0.15) is 58.9 Å². The molecule has 2 aliphatic rings. The van der Waals surface area contributed by atoms with Crippen LogP contribution in [-0.4, -0.2) is 40.1 Å². The molecule has 1 aromatic heterocycles. The van der Waals surface area contributed by atoms with Crippen molar-refractivity contribution in [2.75, 3.05) is 11.5 Å². The molecular formula is C34H27BrClN3O7. The van der Waals surface area contributed by atoms with Gasteiger partial charge in [-0.2, -0.15) is 0 Å². The quantitative estimate of drug-likeness (QED) is 0.0604. The van der Waals surface area contributed by atoms with Gasteiger partial charge in [0.05, 0.1) is 39.2 Å². The second-order valence-electron chi connectivity index (χ2n) is 11.3. The van der Waals surface area contributed by atoms with Crippen LogP contribution < -0.4 is 4.90 Å². The van der Waals surface area contributed by atoms with Crippen LogP contribution in [0.3, 0.4) is 0 Å². The predicted octanol–water partition coefficient (Wildman–Crippen LogP) is 7.51. The molecule has 1 aliphatic heterocycles. The Morgan fingerprint density at radius 2 is 1.70 bits per heavy atom. The fourth-order valence-corrected chi connectivity index (χ4v) is 6.95. The number of carbonyl (C=O) groups excluding carboxylic acids is 4. The molecule has 1 saturated carbocycles. The summed E-state index contributed by atoms with van der Waals surface area (Å²) in [6.45, 7) is 1.31. The first-order valence-corrected chi connectivity index (χ1v) is 16.0. The van der Waals surface area contributed by atoms with Crippen LogP contribution in [0.15, 0.2) is 65.1 Å². The minimum atomic E-state index is -0.780. The number of benzene rings is 3. The van der Waals surface area contributed by atoms with Crippen molar-refractivity contribution in [2.24, 2.45) is 11.8 Å². The highest BCUT2D eigenvalue weighted by Crippen LogP contribution is 2.40. The molecule has 2 amide bonds. The Morgan fingerprint density at radius 1 is 1.02 bits per heavy atom. The van der Waals surface area contributed by atoms with Gasteiger partial charge in [0, 0.05) is 27.1 Å². The number of esters is 1. The molecule has 1 saturated heterocycles. The van der Waals surface area contributed by atoms with Crippen LogP contribution in [-0.2, 0) is 20.7 Å². The van der Waals surface area contributed by atoms with Crippen molar-refractivity contribution in [3.63, 3.8) is 0 Å². The average molecular weight is 705 g/mol. The Balaban J connectivity index is 1.31. The minimum absolute atomic E-state index is 0.0190. The zero-order valence-corrected chi connectivity index (χ0v) is 27.0. The Kier molecular flexibility index (Phi) is 8.71. The molecule has 12 heteroatoms. The number of hydrogen-bond donors (Lipinski definition) is 0. The van der Waals surface area contributed by atoms with E-state index in [2.05, 4.69) is 15.9 Å². The summed E-state index contributed by atoms with van der Waals surface area (Å²) >= 11 is 9.36. The number of anilines is 1. The Bertz CT molecular complexity index is 1920. The SMILES string of the molecule is CCc1cc(Br)cc2c(C(=O)OCC(=O)c3ccc(Cl)c([N+](=O)[O-])c3)cc(-c3ccc(N4C(=O)C5CCCCC5C4=O)cc3)nc12. The number of aromatic nitrogens is 1. The molecule has 1 aliphatic carbocycles. The monoisotopic (exact) mass is 703 g/mol. The molecule has 2 heterocycles. The number of nitrogens with zero attached hydrogens (tertiary/aromatic N) is 3. The summed E-state index contributed by atoms with van der Waals surface area (Å²) < 4.78 is 6.16. The zero-order valence-electron chi connectivity index (χ0n) is 24.6. The fraction of sp³-hybridized carbons (Fsp3) is 0.265. The first-order chi connectivity index (χ1) is 22.1. The van der Waals surface area contributed by atoms with E-state index in [4.69, 9.17) is 21.3 Å². The molecule has 234 valence electrons. The van der Waals surface area contributed by atoms with Crippen LogP contribution in [0.4, 0.5) is 11.4 Å². The van der Waals surface area contributed by atoms with Gasteiger partial charge in [-0.05, 0) is 67.3 Å². The first-order valence-electron chi connectivity index (χ1n) is 14.8. The van der Waals surface area contributed by atoms with Gasteiger partial charge in [0.2, 0.25) is 17.6 Å². The van der Waals surface area contributed by atoms with Crippen LogP contribution >= 0.6 is 27.5 Å². The number of rotatable bonds is 8. The number of halogens is 2. The van der Waals surface area contributed by atoms with E-state index >= 15 is 0 Å². The smallest absolute Gasteiger partial charge is 0.339 e. The number of imide groups is 1. The summed E-state index contributed by atoms with van der Waals surface area (Å²) in [4.78, 5) is 69.3. The lowest BCUT2D eigenvalue weighted by molar-refractivity contribution is -0.384. The van der Waals surface area contributed by atoms with E-state index in [0.717, 1.165) is 41.8 Å². The predicted molar refractivity (Wildman–Crippen MR) is 175 cm³/mol. The molecule has 3 aromatic carbocycles. The van der Waals surface area contributed by atoms with Gasteiger partial charge in [0.25, 0.3) is 5.69 Å². The Hall–Kier alpha value is -4.48. The van der Waals surface area contributed by atoms with Gasteiger partial charge in [-0.25, -0.2) is 9.78 Å². The summed E-state index contributed by atoms with van der Waals surface area (Å²) in [5, 5.41) is 11.7. The van der Waals surface area contributed by atoms with E-state index in [0.29, 0.717) is 34.3 Å². The molecule has 0 bridgehead atoms. The number of carbonyl (C=O) groups is 4. The van der Waals surface area contributed by atoms with Gasteiger partial charge in [-0.1, -0.05) is 59.4 Å². The highest BCUT2D eigenvalue weighted by Gasteiger charge is 2.48. The maximum absolute atomic E-state index is 13.5. The highest BCUT2D eigenvalue weighted by molar-refractivity contribution is 9.10. The third-order valence-corrected chi connectivity index (χ3v) is 9.40. The lowest BCUT2D eigenvalue weighted by atomic mass is 9.81. The number of Topliss-reactive ketones (excluding diaryl/α,β-unsaturated/α-hetero) is 1. The summed E-state index contributed by atoms with van der Waals surface area (Å²) in [5.41, 5.74) is 2.76. The van der Waals surface area contributed by atoms with Crippen molar-refractivity contribution in [3.8, 4) is 11.3 Å². The molecular weight excluding hydrogens is 678 g/mol. The number of ketones is 1. The Labute approximate surface area is 277 Å². The van der Waals surface area contributed by atoms with Crippen LogP contribution in [0, 0.1) is 22.0 Å². The van der Waals surface area contributed by atoms with E-state index in [-0.39, 0.29) is 39.8 Å². The van der Waals surface area contributed by atoms with Gasteiger partial charge in [-0.3, -0.25) is 29.4 Å². The highest BCUT2D eigenvalue weighted by atomic mass is 79.9. The van der Waals surface area contributed by atoms with Gasteiger partial charge in [0.1, 0.15) is 5.02 Å². The molecule has 46 heavy (non-hydrogen) atoms. The summed E-state index contributed by atoms with van der Waals surface area (Å²) in [5.74, 6) is -2.24. The van der Waals surface area contributed by atoms with Crippen molar-refractivity contribution in [1.82, 2.24) is 4.98 Å². The third kappa shape index (κ3) is 5.80. The van der Waals surface area contributed by atoms with E-state index in [1.165, 1.54) is 17.0 Å². The summed E-state index contributed by atoms with van der Waals surface area (Å²) in [6.07, 6.45) is 3.96. The molecule has 0 radical (unpaired) electrons. The van der Waals surface area contributed by atoms with Crippen LogP contribution in [0.2, 0.25) is 5.02 Å². The molecule has 6 rings (SSSR count). The molecule has 2 atom stereocenters. The zero-order chi connectivity index (χ0) is 32.7. The van der Waals surface area contributed by atoms with Gasteiger partial charge >= 0.3 is 5.97 Å². The van der Waals surface area contributed by atoms with E-state index < -0.39 is 29.0 Å². The maximum Gasteiger partial charge on any atom is 0.339 e. The second kappa shape index (κ2) is 12.7. The lowest BCUT2D eigenvalue weighted by Gasteiger charge is -2.19. The third-order valence-electron chi connectivity index (χ3n) is 8.62. The fourth-order valence-electron chi connectivity index (χ4n) is 6.26. The number of pyridine rings is 1. The number of aryl methyl sites for hydroxylation is 1. The first kappa shape index (κ1) is 31.5. The largest absolute Gasteiger partial charge is 0.454 e. The number of fused-ring (bicyclic) bond motifs is 2. The van der Waals surface area contributed by atoms with Crippen LogP contribution in [0.5, 0.6) is 0 Å². The van der Waals surface area contributed by atoms with Crippen molar-refractivity contribution in [1.29, 1.82) is 0 Å². The van der Waals surface area contributed by atoms with Gasteiger partial charge in [0.15, 0.2) is 6.61 Å². The molecule has 2 fully saturated rings.